The molecule has 2 amide bonds. The van der Waals surface area contributed by atoms with Gasteiger partial charge in [0.1, 0.15) is 0 Å². The fourth-order valence-electron chi connectivity index (χ4n) is 4.88. The van der Waals surface area contributed by atoms with Crippen LogP contribution in [0.4, 0.5) is 0 Å². The number of nitrogens with one attached hydrogen (secondary N) is 1. The number of pyridine rings is 1. The zero-order chi connectivity index (χ0) is 19.4. The van der Waals surface area contributed by atoms with Crippen LogP contribution in [-0.4, -0.2) is 71.5 Å². The molecule has 7 heteroatoms. The van der Waals surface area contributed by atoms with Crippen LogP contribution >= 0.6 is 0 Å². The Morgan fingerprint density at radius 2 is 1.93 bits per heavy atom. The van der Waals surface area contributed by atoms with Gasteiger partial charge in [-0.3, -0.25) is 19.5 Å². The van der Waals surface area contributed by atoms with Crippen LogP contribution in [-0.2, 0) is 20.9 Å². The molecule has 2 aliphatic heterocycles. The van der Waals surface area contributed by atoms with Crippen molar-refractivity contribution in [1.82, 2.24) is 20.1 Å². The molecular formula is C21H30N4O3. The number of morpholine rings is 1. The molecule has 1 atom stereocenters. The summed E-state index contributed by atoms with van der Waals surface area (Å²) in [5.74, 6) is -0.177. The lowest BCUT2D eigenvalue weighted by Gasteiger charge is -2.43. The summed E-state index contributed by atoms with van der Waals surface area (Å²) < 4.78 is 5.51. The summed E-state index contributed by atoms with van der Waals surface area (Å²) in [6, 6.07) is 3.82. The number of nitrogens with zero attached hydrogens (tertiary/aromatic N) is 3. The molecule has 3 heterocycles. The number of aromatic nitrogens is 1. The fraction of sp³-hybridized carbons (Fsp3) is 0.667. The molecule has 1 aliphatic carbocycles. The van der Waals surface area contributed by atoms with Gasteiger partial charge in [0, 0.05) is 57.1 Å². The van der Waals surface area contributed by atoms with Gasteiger partial charge >= 0.3 is 0 Å². The maximum atomic E-state index is 12.8. The van der Waals surface area contributed by atoms with Crippen LogP contribution in [0.5, 0.6) is 0 Å². The van der Waals surface area contributed by atoms with Crippen LogP contribution < -0.4 is 5.32 Å². The Hall–Kier alpha value is -1.99. The number of likely N-dealkylation sites (tertiary alicyclic amines) is 1. The third kappa shape index (κ3) is 4.20. The van der Waals surface area contributed by atoms with Gasteiger partial charge in [0.2, 0.25) is 11.8 Å². The van der Waals surface area contributed by atoms with Gasteiger partial charge in [-0.1, -0.05) is 12.8 Å². The molecule has 0 unspecified atom stereocenters. The van der Waals surface area contributed by atoms with E-state index in [1.165, 1.54) is 12.8 Å². The highest BCUT2D eigenvalue weighted by atomic mass is 16.5. The number of hydrogen-bond donors (Lipinski definition) is 1. The van der Waals surface area contributed by atoms with Gasteiger partial charge in [0.25, 0.3) is 0 Å². The van der Waals surface area contributed by atoms with E-state index in [1.54, 1.807) is 17.3 Å². The molecule has 4 rings (SSSR count). The third-order valence-corrected chi connectivity index (χ3v) is 6.52. The van der Waals surface area contributed by atoms with Crippen LogP contribution in [0, 0.1) is 5.92 Å². The number of carbonyl (C=O) groups is 2. The van der Waals surface area contributed by atoms with Crippen molar-refractivity contribution in [3.05, 3.63) is 30.1 Å². The summed E-state index contributed by atoms with van der Waals surface area (Å²) in [6.07, 6.45) is 8.46. The van der Waals surface area contributed by atoms with Gasteiger partial charge in [-0.05, 0) is 30.5 Å². The summed E-state index contributed by atoms with van der Waals surface area (Å²) in [5.41, 5.74) is 1.11. The average Bonchev–Trinajstić information content (AvgIpc) is 3.36. The van der Waals surface area contributed by atoms with E-state index in [0.717, 1.165) is 44.7 Å². The smallest absolute Gasteiger partial charge is 0.225 e. The van der Waals surface area contributed by atoms with Crippen LogP contribution in [0.15, 0.2) is 24.5 Å². The van der Waals surface area contributed by atoms with Crippen molar-refractivity contribution in [2.45, 2.75) is 44.2 Å². The van der Waals surface area contributed by atoms with Crippen molar-refractivity contribution in [2.24, 2.45) is 5.92 Å². The number of carbonyl (C=O) groups excluding carboxylic acids is 2. The molecule has 2 saturated heterocycles. The Balaban J connectivity index is 1.32. The molecule has 0 bridgehead atoms. The summed E-state index contributed by atoms with van der Waals surface area (Å²) in [5, 5.41) is 3.20. The monoisotopic (exact) mass is 386 g/mol. The minimum atomic E-state index is -0.252. The highest BCUT2D eigenvalue weighted by Gasteiger charge is 2.41. The zero-order valence-electron chi connectivity index (χ0n) is 16.4. The van der Waals surface area contributed by atoms with Crippen LogP contribution in [0.3, 0.4) is 0 Å². The minimum absolute atomic E-state index is 0.0186. The predicted molar refractivity (Wildman–Crippen MR) is 104 cm³/mol. The Kier molecular flexibility index (Phi) is 5.92. The lowest BCUT2D eigenvalue weighted by molar-refractivity contribution is -0.129. The SMILES string of the molecule is O=C(NCC1(N2CCOCC2)CCCC1)[C@H]1CC(=O)N(Cc2ccncc2)C1. The molecule has 3 fully saturated rings. The first-order valence-electron chi connectivity index (χ1n) is 10.4. The first-order valence-corrected chi connectivity index (χ1v) is 10.4. The molecule has 152 valence electrons. The zero-order valence-corrected chi connectivity index (χ0v) is 16.4. The molecule has 3 aliphatic rings. The van der Waals surface area contributed by atoms with E-state index >= 15 is 0 Å². The van der Waals surface area contributed by atoms with E-state index in [1.807, 2.05) is 12.1 Å². The Morgan fingerprint density at radius 1 is 1.21 bits per heavy atom. The number of ether oxygens (including phenoxy) is 1. The quantitative estimate of drug-likeness (QED) is 0.795. The Morgan fingerprint density at radius 3 is 2.64 bits per heavy atom. The van der Waals surface area contributed by atoms with E-state index in [-0.39, 0.29) is 23.3 Å². The number of rotatable bonds is 6. The number of amides is 2. The lowest BCUT2D eigenvalue weighted by Crippen LogP contribution is -2.57. The Bertz CT molecular complexity index is 684. The summed E-state index contributed by atoms with van der Waals surface area (Å²) in [7, 11) is 0. The normalized spacial score (nSPS) is 25.2. The van der Waals surface area contributed by atoms with E-state index in [4.69, 9.17) is 4.74 Å². The predicted octanol–water partition coefficient (Wildman–Crippen LogP) is 1.19. The molecule has 0 radical (unpaired) electrons. The molecule has 1 aromatic rings. The van der Waals surface area contributed by atoms with E-state index in [9.17, 15) is 9.59 Å². The van der Waals surface area contributed by atoms with Crippen molar-refractivity contribution in [3.63, 3.8) is 0 Å². The van der Waals surface area contributed by atoms with E-state index in [0.29, 0.717) is 26.1 Å². The van der Waals surface area contributed by atoms with Gasteiger partial charge in [0.15, 0.2) is 0 Å². The van der Waals surface area contributed by atoms with Crippen molar-refractivity contribution >= 4 is 11.8 Å². The van der Waals surface area contributed by atoms with Crippen LogP contribution in [0.2, 0.25) is 0 Å². The van der Waals surface area contributed by atoms with E-state index in [2.05, 4.69) is 15.2 Å². The molecule has 0 aromatic carbocycles. The first kappa shape index (κ1) is 19.3. The van der Waals surface area contributed by atoms with Gasteiger partial charge in [-0.25, -0.2) is 0 Å². The topological polar surface area (TPSA) is 74.8 Å². The van der Waals surface area contributed by atoms with Crippen LogP contribution in [0.1, 0.15) is 37.7 Å². The van der Waals surface area contributed by atoms with Crippen LogP contribution in [0.25, 0.3) is 0 Å². The third-order valence-electron chi connectivity index (χ3n) is 6.52. The van der Waals surface area contributed by atoms with Gasteiger partial charge in [0.05, 0.1) is 19.1 Å². The summed E-state index contributed by atoms with van der Waals surface area (Å²) >= 11 is 0. The van der Waals surface area contributed by atoms with Crippen molar-refractivity contribution in [1.29, 1.82) is 0 Å². The van der Waals surface area contributed by atoms with E-state index < -0.39 is 0 Å². The highest BCUT2D eigenvalue weighted by molar-refractivity contribution is 5.89. The summed E-state index contributed by atoms with van der Waals surface area (Å²) in [6.45, 7) is 5.16. The molecule has 7 nitrogen and oxygen atoms in total. The van der Waals surface area contributed by atoms with Gasteiger partial charge in [-0.15, -0.1) is 0 Å². The standard InChI is InChI=1S/C21H30N4O3/c26-19-13-18(15-24(19)14-17-3-7-22-8-4-17)20(27)23-16-21(5-1-2-6-21)25-9-11-28-12-10-25/h3-4,7-8,18H,1-2,5-6,9-16H2,(H,23,27)/t18-/m0/s1. The molecule has 28 heavy (non-hydrogen) atoms. The second-order valence-corrected chi connectivity index (χ2v) is 8.28. The molecular weight excluding hydrogens is 356 g/mol. The van der Waals surface area contributed by atoms with Gasteiger partial charge in [-0.2, -0.15) is 0 Å². The molecule has 1 saturated carbocycles. The maximum absolute atomic E-state index is 12.8. The fourth-order valence-corrected chi connectivity index (χ4v) is 4.88. The highest BCUT2D eigenvalue weighted by Crippen LogP contribution is 2.35. The maximum Gasteiger partial charge on any atom is 0.225 e. The lowest BCUT2D eigenvalue weighted by atomic mass is 9.93. The largest absolute Gasteiger partial charge is 0.379 e. The average molecular weight is 386 g/mol. The summed E-state index contributed by atoms with van der Waals surface area (Å²) in [4.78, 5) is 33.5. The van der Waals surface area contributed by atoms with Crippen molar-refractivity contribution in [3.8, 4) is 0 Å². The molecule has 1 aromatic heterocycles. The second-order valence-electron chi connectivity index (χ2n) is 8.28. The number of hydrogen-bond acceptors (Lipinski definition) is 5. The first-order chi connectivity index (χ1) is 13.7. The molecule has 0 spiro atoms. The van der Waals surface area contributed by atoms with Gasteiger partial charge < -0.3 is 15.0 Å². The van der Waals surface area contributed by atoms with Crippen molar-refractivity contribution in [2.75, 3.05) is 39.4 Å². The Labute approximate surface area is 166 Å². The minimum Gasteiger partial charge on any atom is -0.379 e. The molecule has 1 N–H and O–H groups in total. The van der Waals surface area contributed by atoms with Crippen molar-refractivity contribution < 1.29 is 14.3 Å². The second kappa shape index (κ2) is 8.57.